The number of carbonyl (C=O) groups is 2. The SMILES string of the molecule is CCCN(C)C(=O)NCCC(C)(C)CCC(=O)O. The molecule has 0 aliphatic carbocycles. The van der Waals surface area contributed by atoms with E-state index in [2.05, 4.69) is 5.32 Å². The summed E-state index contributed by atoms with van der Waals surface area (Å²) < 4.78 is 0. The zero-order chi connectivity index (χ0) is 14.2. The van der Waals surface area contributed by atoms with Gasteiger partial charge in [0, 0.05) is 26.6 Å². The Balaban J connectivity index is 3.88. The lowest BCUT2D eigenvalue weighted by Crippen LogP contribution is -2.39. The minimum Gasteiger partial charge on any atom is -0.481 e. The molecule has 0 aromatic carbocycles. The molecule has 0 aromatic heterocycles. The van der Waals surface area contributed by atoms with Crippen LogP contribution < -0.4 is 5.32 Å². The fourth-order valence-electron chi connectivity index (χ4n) is 1.65. The highest BCUT2D eigenvalue weighted by molar-refractivity contribution is 5.73. The Hall–Kier alpha value is -1.26. The maximum absolute atomic E-state index is 11.6. The van der Waals surface area contributed by atoms with Gasteiger partial charge in [-0.3, -0.25) is 4.79 Å². The average Bonchev–Trinajstić information content (AvgIpc) is 2.26. The Bertz CT molecular complexity index is 277. The van der Waals surface area contributed by atoms with Crippen LogP contribution in [-0.2, 0) is 4.79 Å². The number of carboxylic acid groups (broad SMARTS) is 1. The number of aliphatic carboxylic acids is 1. The van der Waals surface area contributed by atoms with E-state index < -0.39 is 5.97 Å². The molecule has 0 aromatic rings. The molecule has 5 heteroatoms. The first-order chi connectivity index (χ1) is 8.28. The van der Waals surface area contributed by atoms with Crippen LogP contribution in [0.5, 0.6) is 0 Å². The Labute approximate surface area is 110 Å². The molecule has 0 saturated heterocycles. The molecule has 2 N–H and O–H groups in total. The topological polar surface area (TPSA) is 69.6 Å². The van der Waals surface area contributed by atoms with Crippen molar-refractivity contribution in [1.82, 2.24) is 10.2 Å². The third kappa shape index (κ3) is 7.92. The van der Waals surface area contributed by atoms with E-state index in [1.807, 2.05) is 20.8 Å². The van der Waals surface area contributed by atoms with E-state index in [9.17, 15) is 9.59 Å². The maximum Gasteiger partial charge on any atom is 0.317 e. The summed E-state index contributed by atoms with van der Waals surface area (Å²) in [5.41, 5.74) is -0.0605. The van der Waals surface area contributed by atoms with Gasteiger partial charge >= 0.3 is 12.0 Å². The monoisotopic (exact) mass is 258 g/mol. The normalized spacial score (nSPS) is 11.1. The van der Waals surface area contributed by atoms with E-state index in [4.69, 9.17) is 5.11 Å². The van der Waals surface area contributed by atoms with Crippen molar-refractivity contribution in [2.75, 3.05) is 20.1 Å². The predicted molar refractivity (Wildman–Crippen MR) is 71.6 cm³/mol. The first kappa shape index (κ1) is 16.7. The predicted octanol–water partition coefficient (Wildman–Crippen LogP) is 2.32. The Morgan fingerprint density at radius 3 is 2.39 bits per heavy atom. The number of carboxylic acids is 1. The van der Waals surface area contributed by atoms with Crippen molar-refractivity contribution in [3.8, 4) is 0 Å². The van der Waals surface area contributed by atoms with Gasteiger partial charge < -0.3 is 15.3 Å². The summed E-state index contributed by atoms with van der Waals surface area (Å²) in [4.78, 5) is 23.8. The van der Waals surface area contributed by atoms with Crippen molar-refractivity contribution in [2.24, 2.45) is 5.41 Å². The van der Waals surface area contributed by atoms with E-state index in [1.165, 1.54) is 0 Å². The fourth-order valence-corrected chi connectivity index (χ4v) is 1.65. The largest absolute Gasteiger partial charge is 0.481 e. The number of nitrogens with zero attached hydrogens (tertiary/aromatic N) is 1. The van der Waals surface area contributed by atoms with Crippen LogP contribution in [0.2, 0.25) is 0 Å². The molecule has 0 aliphatic rings. The summed E-state index contributed by atoms with van der Waals surface area (Å²) in [7, 11) is 1.77. The number of nitrogens with one attached hydrogen (secondary N) is 1. The highest BCUT2D eigenvalue weighted by Crippen LogP contribution is 2.25. The molecule has 5 nitrogen and oxygen atoms in total. The van der Waals surface area contributed by atoms with Gasteiger partial charge in [-0.15, -0.1) is 0 Å². The zero-order valence-electron chi connectivity index (χ0n) is 12.0. The third-order valence-electron chi connectivity index (χ3n) is 3.00. The molecule has 0 spiro atoms. The van der Waals surface area contributed by atoms with Crippen LogP contribution in [0.3, 0.4) is 0 Å². The van der Waals surface area contributed by atoms with Crippen molar-refractivity contribution < 1.29 is 14.7 Å². The number of urea groups is 1. The number of amides is 2. The zero-order valence-corrected chi connectivity index (χ0v) is 12.0. The second kappa shape index (κ2) is 7.95. The Morgan fingerprint density at radius 2 is 1.89 bits per heavy atom. The van der Waals surface area contributed by atoms with Crippen LogP contribution in [0.4, 0.5) is 4.79 Å². The summed E-state index contributed by atoms with van der Waals surface area (Å²) in [6.45, 7) is 7.41. The Kier molecular flexibility index (Phi) is 7.39. The molecule has 0 bridgehead atoms. The summed E-state index contributed by atoms with van der Waals surface area (Å²) in [5.74, 6) is -0.769. The van der Waals surface area contributed by atoms with Crippen LogP contribution in [-0.4, -0.2) is 42.1 Å². The van der Waals surface area contributed by atoms with E-state index in [1.54, 1.807) is 11.9 Å². The highest BCUT2D eigenvalue weighted by Gasteiger charge is 2.19. The molecule has 0 fully saturated rings. The van der Waals surface area contributed by atoms with Crippen LogP contribution in [0.1, 0.15) is 46.5 Å². The number of hydrogen-bond acceptors (Lipinski definition) is 2. The molecular formula is C13H26N2O3. The molecule has 0 aliphatic heterocycles. The first-order valence-electron chi connectivity index (χ1n) is 6.49. The number of hydrogen-bond donors (Lipinski definition) is 2. The van der Waals surface area contributed by atoms with Gasteiger partial charge in [-0.05, 0) is 24.7 Å². The minimum atomic E-state index is -0.769. The summed E-state index contributed by atoms with van der Waals surface area (Å²) in [5, 5.41) is 11.5. The van der Waals surface area contributed by atoms with Gasteiger partial charge in [0.25, 0.3) is 0 Å². The van der Waals surface area contributed by atoms with Gasteiger partial charge in [-0.1, -0.05) is 20.8 Å². The maximum atomic E-state index is 11.6. The van der Waals surface area contributed by atoms with Crippen LogP contribution in [0.15, 0.2) is 0 Å². The minimum absolute atomic E-state index is 0.0605. The average molecular weight is 258 g/mol. The smallest absolute Gasteiger partial charge is 0.317 e. The molecule has 0 radical (unpaired) electrons. The molecule has 2 amide bonds. The fraction of sp³-hybridized carbons (Fsp3) is 0.846. The lowest BCUT2D eigenvalue weighted by Gasteiger charge is -2.25. The van der Waals surface area contributed by atoms with Crippen molar-refractivity contribution in [2.45, 2.75) is 46.5 Å². The molecule has 106 valence electrons. The van der Waals surface area contributed by atoms with Gasteiger partial charge in [0.2, 0.25) is 0 Å². The van der Waals surface area contributed by atoms with Crippen LogP contribution >= 0.6 is 0 Å². The van der Waals surface area contributed by atoms with Crippen molar-refractivity contribution in [3.05, 3.63) is 0 Å². The van der Waals surface area contributed by atoms with Gasteiger partial charge in [-0.25, -0.2) is 4.79 Å². The van der Waals surface area contributed by atoms with E-state index in [0.717, 1.165) is 19.4 Å². The molecule has 0 unspecified atom stereocenters. The van der Waals surface area contributed by atoms with Gasteiger partial charge in [0.1, 0.15) is 0 Å². The van der Waals surface area contributed by atoms with Gasteiger partial charge in [-0.2, -0.15) is 0 Å². The standard InChI is InChI=1S/C13H26N2O3/c1-5-10-15(4)12(18)14-9-8-13(2,3)7-6-11(16)17/h5-10H2,1-4H3,(H,14,18)(H,16,17). The number of carbonyl (C=O) groups excluding carboxylic acids is 1. The van der Waals surface area contributed by atoms with Gasteiger partial charge in [0.05, 0.1) is 0 Å². The molecule has 0 atom stereocenters. The summed E-state index contributed by atoms with van der Waals surface area (Å²) in [6.07, 6.45) is 2.53. The van der Waals surface area contributed by atoms with Crippen molar-refractivity contribution in [1.29, 1.82) is 0 Å². The summed E-state index contributed by atoms with van der Waals surface area (Å²) in [6, 6.07) is -0.0640. The van der Waals surface area contributed by atoms with E-state index in [0.29, 0.717) is 13.0 Å². The van der Waals surface area contributed by atoms with Gasteiger partial charge in [0.15, 0.2) is 0 Å². The molecule has 0 saturated carbocycles. The second-order valence-corrected chi connectivity index (χ2v) is 5.46. The lowest BCUT2D eigenvalue weighted by atomic mass is 9.84. The highest BCUT2D eigenvalue weighted by atomic mass is 16.4. The van der Waals surface area contributed by atoms with Crippen molar-refractivity contribution >= 4 is 12.0 Å². The molecule has 0 rings (SSSR count). The quantitative estimate of drug-likeness (QED) is 0.702. The van der Waals surface area contributed by atoms with Crippen LogP contribution in [0.25, 0.3) is 0 Å². The van der Waals surface area contributed by atoms with E-state index in [-0.39, 0.29) is 17.9 Å². The van der Waals surface area contributed by atoms with E-state index >= 15 is 0 Å². The second-order valence-electron chi connectivity index (χ2n) is 5.46. The molecule has 0 heterocycles. The lowest BCUT2D eigenvalue weighted by molar-refractivity contribution is -0.137. The van der Waals surface area contributed by atoms with Crippen molar-refractivity contribution in [3.63, 3.8) is 0 Å². The third-order valence-corrected chi connectivity index (χ3v) is 3.00. The summed E-state index contributed by atoms with van der Waals surface area (Å²) >= 11 is 0. The first-order valence-corrected chi connectivity index (χ1v) is 6.49. The Morgan fingerprint density at radius 1 is 1.28 bits per heavy atom. The molecule has 18 heavy (non-hydrogen) atoms. The number of rotatable bonds is 8. The molecular weight excluding hydrogens is 232 g/mol. The van der Waals surface area contributed by atoms with Crippen LogP contribution in [0, 0.1) is 5.41 Å².